The third-order valence-corrected chi connectivity index (χ3v) is 4.76. The van der Waals surface area contributed by atoms with Crippen molar-refractivity contribution < 1.29 is 4.79 Å². The smallest absolute Gasteiger partial charge is 0.224 e. The number of carbonyl (C=O) groups excluding carboxylic acids is 1. The minimum atomic E-state index is 0.0812. The number of para-hydroxylation sites is 1. The Morgan fingerprint density at radius 3 is 2.50 bits per heavy atom. The fourth-order valence-electron chi connectivity index (χ4n) is 3.41. The van der Waals surface area contributed by atoms with E-state index < -0.39 is 0 Å². The van der Waals surface area contributed by atoms with Gasteiger partial charge < -0.3 is 9.88 Å². The molecule has 0 saturated heterocycles. The monoisotopic (exact) mass is 342 g/mol. The van der Waals surface area contributed by atoms with Crippen molar-refractivity contribution in [2.24, 2.45) is 0 Å². The fourth-order valence-corrected chi connectivity index (χ4v) is 3.41. The quantitative estimate of drug-likeness (QED) is 0.513. The number of nitrogens with zero attached hydrogens (tertiary/aromatic N) is 1. The van der Waals surface area contributed by atoms with Crippen LogP contribution in [0.1, 0.15) is 12.0 Å². The molecule has 4 rings (SSSR count). The molecule has 4 aromatic rings. The highest BCUT2D eigenvalue weighted by Crippen LogP contribution is 2.16. The second-order valence-corrected chi connectivity index (χ2v) is 6.63. The van der Waals surface area contributed by atoms with Crippen LogP contribution in [0.25, 0.3) is 21.7 Å². The zero-order valence-corrected chi connectivity index (χ0v) is 14.7. The van der Waals surface area contributed by atoms with Gasteiger partial charge in [-0.25, -0.2) is 0 Å². The van der Waals surface area contributed by atoms with Gasteiger partial charge >= 0.3 is 0 Å². The van der Waals surface area contributed by atoms with Crippen LogP contribution >= 0.6 is 0 Å². The average molecular weight is 342 g/mol. The van der Waals surface area contributed by atoms with Gasteiger partial charge in [-0.2, -0.15) is 0 Å². The highest BCUT2D eigenvalue weighted by Gasteiger charge is 2.04. The lowest BCUT2D eigenvalue weighted by atomic mass is 10.0. The van der Waals surface area contributed by atoms with Crippen LogP contribution in [0.3, 0.4) is 0 Å². The molecular formula is C23H22N2O. The van der Waals surface area contributed by atoms with Gasteiger partial charge in [0.15, 0.2) is 0 Å². The fraction of sp³-hybridized carbons (Fsp3) is 0.174. The zero-order chi connectivity index (χ0) is 17.8. The average Bonchev–Trinajstić information content (AvgIpc) is 3.08. The lowest BCUT2D eigenvalue weighted by Gasteiger charge is -2.08. The molecule has 0 unspecified atom stereocenters. The van der Waals surface area contributed by atoms with E-state index in [0.717, 1.165) is 18.5 Å². The maximum absolute atomic E-state index is 12.2. The predicted molar refractivity (Wildman–Crippen MR) is 107 cm³/mol. The summed E-state index contributed by atoms with van der Waals surface area (Å²) in [5.74, 6) is 0.0812. The van der Waals surface area contributed by atoms with Gasteiger partial charge in [0.1, 0.15) is 0 Å². The van der Waals surface area contributed by atoms with Crippen LogP contribution in [-0.2, 0) is 17.8 Å². The lowest BCUT2D eigenvalue weighted by molar-refractivity contribution is -0.120. The lowest BCUT2D eigenvalue weighted by Crippen LogP contribution is -2.26. The Morgan fingerprint density at radius 2 is 1.62 bits per heavy atom. The maximum Gasteiger partial charge on any atom is 0.224 e. The molecule has 1 heterocycles. The number of aryl methyl sites for hydroxylation is 1. The Balaban J connectivity index is 1.28. The minimum Gasteiger partial charge on any atom is -0.356 e. The highest BCUT2D eigenvalue weighted by molar-refractivity contribution is 5.85. The van der Waals surface area contributed by atoms with Crippen molar-refractivity contribution >= 4 is 27.6 Å². The molecule has 3 aromatic carbocycles. The summed E-state index contributed by atoms with van der Waals surface area (Å²) in [6.45, 7) is 1.60. The van der Waals surface area contributed by atoms with E-state index >= 15 is 0 Å². The first-order valence-electron chi connectivity index (χ1n) is 9.08. The predicted octanol–water partition coefficient (Wildman–Crippen LogP) is 4.54. The molecule has 0 aliphatic heterocycles. The Morgan fingerprint density at radius 1 is 0.846 bits per heavy atom. The van der Waals surface area contributed by atoms with Crippen molar-refractivity contribution in [1.82, 2.24) is 9.88 Å². The summed E-state index contributed by atoms with van der Waals surface area (Å²) >= 11 is 0. The minimum absolute atomic E-state index is 0.0812. The number of fused-ring (bicyclic) bond motifs is 2. The van der Waals surface area contributed by atoms with E-state index in [-0.39, 0.29) is 5.91 Å². The van der Waals surface area contributed by atoms with Crippen molar-refractivity contribution in [3.8, 4) is 0 Å². The Hall–Kier alpha value is -3.07. The molecule has 0 atom stereocenters. The number of amides is 1. The Bertz CT molecular complexity index is 1050. The van der Waals surface area contributed by atoms with Gasteiger partial charge in [0.2, 0.25) is 5.91 Å². The van der Waals surface area contributed by atoms with Crippen molar-refractivity contribution in [3.63, 3.8) is 0 Å². The molecule has 0 fully saturated rings. The van der Waals surface area contributed by atoms with E-state index in [4.69, 9.17) is 0 Å². The van der Waals surface area contributed by atoms with Crippen LogP contribution in [0.2, 0.25) is 0 Å². The van der Waals surface area contributed by atoms with E-state index in [9.17, 15) is 4.79 Å². The van der Waals surface area contributed by atoms with Crippen molar-refractivity contribution in [1.29, 1.82) is 0 Å². The molecule has 1 amide bonds. The molecule has 26 heavy (non-hydrogen) atoms. The van der Waals surface area contributed by atoms with Crippen LogP contribution < -0.4 is 5.32 Å². The molecule has 0 radical (unpaired) electrons. The van der Waals surface area contributed by atoms with E-state index in [1.54, 1.807) is 0 Å². The second-order valence-electron chi connectivity index (χ2n) is 6.63. The molecule has 0 bridgehead atoms. The molecule has 1 N–H and O–H groups in total. The molecule has 0 saturated carbocycles. The topological polar surface area (TPSA) is 34.0 Å². The second kappa shape index (κ2) is 7.44. The van der Waals surface area contributed by atoms with E-state index in [2.05, 4.69) is 70.7 Å². The number of carbonyl (C=O) groups is 1. The SMILES string of the molecule is O=C(Cc1ccc2ccccc2c1)NCCCn1ccc2ccccc21. The number of benzene rings is 3. The summed E-state index contributed by atoms with van der Waals surface area (Å²) in [7, 11) is 0. The van der Waals surface area contributed by atoms with E-state index in [1.807, 2.05) is 18.2 Å². The molecule has 0 aliphatic carbocycles. The number of rotatable bonds is 6. The Kier molecular flexibility index (Phi) is 4.69. The summed E-state index contributed by atoms with van der Waals surface area (Å²) in [6.07, 6.45) is 3.46. The standard InChI is InChI=1S/C23H22N2O/c26-23(17-18-10-11-19-6-1-2-8-21(19)16-18)24-13-5-14-25-15-12-20-7-3-4-9-22(20)25/h1-4,6-12,15-16H,5,13-14,17H2,(H,24,26). The molecule has 1 aromatic heterocycles. The van der Waals surface area contributed by atoms with Gasteiger partial charge in [-0.05, 0) is 40.3 Å². The van der Waals surface area contributed by atoms with Gasteiger partial charge in [0.25, 0.3) is 0 Å². The van der Waals surface area contributed by atoms with Crippen LogP contribution in [0, 0.1) is 0 Å². The van der Waals surface area contributed by atoms with Gasteiger partial charge in [0.05, 0.1) is 6.42 Å². The summed E-state index contributed by atoms with van der Waals surface area (Å²) < 4.78 is 2.24. The summed E-state index contributed by atoms with van der Waals surface area (Å²) in [5, 5.41) is 6.68. The van der Waals surface area contributed by atoms with Gasteiger partial charge in [-0.15, -0.1) is 0 Å². The van der Waals surface area contributed by atoms with Crippen molar-refractivity contribution in [2.45, 2.75) is 19.4 Å². The van der Waals surface area contributed by atoms with Crippen LogP contribution in [0.5, 0.6) is 0 Å². The third-order valence-electron chi connectivity index (χ3n) is 4.76. The van der Waals surface area contributed by atoms with Crippen LogP contribution in [0.4, 0.5) is 0 Å². The first kappa shape index (κ1) is 16.4. The zero-order valence-electron chi connectivity index (χ0n) is 14.7. The van der Waals surface area contributed by atoms with Gasteiger partial charge in [0, 0.05) is 24.8 Å². The van der Waals surface area contributed by atoms with E-state index in [1.165, 1.54) is 21.7 Å². The largest absolute Gasteiger partial charge is 0.356 e. The Labute approximate surface area is 153 Å². The van der Waals surface area contributed by atoms with Gasteiger partial charge in [-0.1, -0.05) is 60.7 Å². The van der Waals surface area contributed by atoms with Crippen molar-refractivity contribution in [2.75, 3.05) is 6.54 Å². The van der Waals surface area contributed by atoms with Gasteiger partial charge in [-0.3, -0.25) is 4.79 Å². The first-order valence-corrected chi connectivity index (χ1v) is 9.08. The molecule has 0 aliphatic rings. The van der Waals surface area contributed by atoms with Crippen LogP contribution in [0.15, 0.2) is 79.0 Å². The number of aromatic nitrogens is 1. The molecular weight excluding hydrogens is 320 g/mol. The normalized spacial score (nSPS) is 11.1. The maximum atomic E-state index is 12.2. The number of hydrogen-bond donors (Lipinski definition) is 1. The van der Waals surface area contributed by atoms with E-state index in [0.29, 0.717) is 13.0 Å². The summed E-state index contributed by atoms with van der Waals surface area (Å²) in [4.78, 5) is 12.2. The first-order chi connectivity index (χ1) is 12.8. The summed E-state index contributed by atoms with van der Waals surface area (Å²) in [6, 6.07) is 24.9. The highest BCUT2D eigenvalue weighted by atomic mass is 16.1. The molecule has 130 valence electrons. The van der Waals surface area contributed by atoms with Crippen LogP contribution in [-0.4, -0.2) is 17.0 Å². The molecule has 3 nitrogen and oxygen atoms in total. The molecule has 0 spiro atoms. The third kappa shape index (κ3) is 3.62. The van der Waals surface area contributed by atoms with Crippen molar-refractivity contribution in [3.05, 3.63) is 84.6 Å². The molecule has 3 heteroatoms. The summed E-state index contributed by atoms with van der Waals surface area (Å²) in [5.41, 5.74) is 2.30. The number of hydrogen-bond acceptors (Lipinski definition) is 1. The number of nitrogens with one attached hydrogen (secondary N) is 1.